The van der Waals surface area contributed by atoms with Crippen molar-refractivity contribution in [3.8, 4) is 34.5 Å². The average molecular weight is 1660 g/mol. The molecular formula is C98H106O12P6. The van der Waals surface area contributed by atoms with E-state index in [0.29, 0.717) is 51.5 Å². The summed E-state index contributed by atoms with van der Waals surface area (Å²) < 4.78 is 32.9. The molecule has 12 aromatic carbocycles. The van der Waals surface area contributed by atoms with E-state index >= 15 is 0 Å². The van der Waals surface area contributed by atoms with E-state index in [1.54, 1.807) is 42.7 Å². The lowest BCUT2D eigenvalue weighted by molar-refractivity contribution is 0.111. The van der Waals surface area contributed by atoms with Gasteiger partial charge in [-0.3, -0.25) is 28.8 Å². The molecule has 0 aliphatic carbocycles. The molecular weight excluding hydrogens is 1550 g/mol. The van der Waals surface area contributed by atoms with Crippen LogP contribution >= 0.6 is 51.5 Å². The van der Waals surface area contributed by atoms with Gasteiger partial charge in [0.05, 0.1) is 42.7 Å². The van der Waals surface area contributed by atoms with Crippen molar-refractivity contribution in [1.29, 1.82) is 0 Å². The highest BCUT2D eigenvalue weighted by Gasteiger charge is 2.24. The van der Waals surface area contributed by atoms with Crippen molar-refractivity contribution in [2.24, 2.45) is 0 Å². The summed E-state index contributed by atoms with van der Waals surface area (Å²) in [6.45, 7) is 25.6. The van der Waals surface area contributed by atoms with Crippen molar-refractivity contribution in [1.82, 2.24) is 0 Å². The van der Waals surface area contributed by atoms with Gasteiger partial charge in [0.1, 0.15) is 34.5 Å². The van der Waals surface area contributed by atoms with Crippen LogP contribution in [0.15, 0.2) is 243 Å². The van der Waals surface area contributed by atoms with E-state index in [-0.39, 0.29) is 10.8 Å². The highest BCUT2D eigenvalue weighted by molar-refractivity contribution is 7.57. The van der Waals surface area contributed by atoms with E-state index in [9.17, 15) is 28.8 Å². The highest BCUT2D eigenvalue weighted by atomic mass is 31.1. The molecule has 0 N–H and O–H groups in total. The summed E-state index contributed by atoms with van der Waals surface area (Å²) in [7, 11) is 12.7. The summed E-state index contributed by atoms with van der Waals surface area (Å²) in [5.74, 6) is 5.44. The minimum absolute atomic E-state index is 0.0147. The van der Waals surface area contributed by atoms with Crippen molar-refractivity contribution in [2.45, 2.75) is 93.9 Å². The molecule has 6 unspecified atom stereocenters. The lowest BCUT2D eigenvalue weighted by Gasteiger charge is -2.25. The molecule has 12 nitrogen and oxygen atoms in total. The van der Waals surface area contributed by atoms with E-state index < -0.39 is 0 Å². The summed E-state index contributed by atoms with van der Waals surface area (Å²) in [6, 6.07) is 79.3. The highest BCUT2D eigenvalue weighted by Crippen LogP contribution is 2.36. The van der Waals surface area contributed by atoms with Crippen molar-refractivity contribution in [3.05, 3.63) is 321 Å². The van der Waals surface area contributed by atoms with Gasteiger partial charge in [0, 0.05) is 70.8 Å². The van der Waals surface area contributed by atoms with Crippen LogP contribution in [-0.2, 0) is 10.8 Å². The molecule has 0 heterocycles. The smallest absolute Gasteiger partial charge is 0.150 e. The third-order valence-corrected chi connectivity index (χ3v) is 26.5. The summed E-state index contributed by atoms with van der Waals surface area (Å²) >= 11 is 0. The average Bonchev–Trinajstić information content (AvgIpc) is 0.798. The molecule has 116 heavy (non-hydrogen) atoms. The predicted octanol–water partition coefficient (Wildman–Crippen LogP) is 17.3. The Labute approximate surface area is 697 Å². The molecule has 600 valence electrons. The molecule has 0 saturated carbocycles. The summed E-state index contributed by atoms with van der Waals surface area (Å²) in [5.41, 5.74) is 14.1. The Morgan fingerprint density at radius 3 is 0.897 bits per heavy atom. The number of aldehydes is 6. The first-order valence-corrected chi connectivity index (χ1v) is 43.6. The fourth-order valence-corrected chi connectivity index (χ4v) is 20.6. The van der Waals surface area contributed by atoms with Crippen LogP contribution in [0.3, 0.4) is 0 Å². The molecule has 0 bridgehead atoms. The van der Waals surface area contributed by atoms with Crippen LogP contribution in [0, 0.1) is 41.5 Å². The van der Waals surface area contributed by atoms with Gasteiger partial charge in [-0.05, 0) is 154 Å². The third-order valence-electron chi connectivity index (χ3n) is 18.2. The summed E-state index contributed by atoms with van der Waals surface area (Å²) in [6.07, 6.45) is 5.48. The molecule has 0 saturated heterocycles. The first-order chi connectivity index (χ1) is 55.7. The van der Waals surface area contributed by atoms with E-state index in [1.165, 1.54) is 27.8 Å². The minimum atomic E-state index is 0.0147. The fraction of sp³-hybridized carbons (Fsp3) is 0.204. The Hall–Kier alpha value is -9.96. The Morgan fingerprint density at radius 2 is 0.526 bits per heavy atom. The van der Waals surface area contributed by atoms with Gasteiger partial charge in [-0.25, -0.2) is 0 Å². The molecule has 12 aromatic rings. The molecule has 18 heteroatoms. The van der Waals surface area contributed by atoms with E-state index in [4.69, 9.17) is 28.4 Å². The van der Waals surface area contributed by atoms with E-state index in [0.717, 1.165) is 186 Å². The number of carbonyl (C=O) groups is 6. The Morgan fingerprint density at radius 1 is 0.233 bits per heavy atom. The number of para-hydroxylation sites is 2. The van der Waals surface area contributed by atoms with Crippen LogP contribution in [0.1, 0.15) is 148 Å². The van der Waals surface area contributed by atoms with Gasteiger partial charge < -0.3 is 28.4 Å². The van der Waals surface area contributed by atoms with Gasteiger partial charge in [0.25, 0.3) is 0 Å². The van der Waals surface area contributed by atoms with Crippen LogP contribution in [-0.4, -0.2) is 80.4 Å². The maximum absolute atomic E-state index is 11.2. The van der Waals surface area contributed by atoms with Crippen LogP contribution in [0.25, 0.3) is 0 Å². The lowest BCUT2D eigenvalue weighted by atomic mass is 9.85. The van der Waals surface area contributed by atoms with E-state index in [1.807, 2.05) is 214 Å². The molecule has 0 aliphatic rings. The molecule has 0 fully saturated rings. The quantitative estimate of drug-likeness (QED) is 0.0417. The first kappa shape index (κ1) is 93.2. The maximum Gasteiger partial charge on any atom is 0.150 e. The van der Waals surface area contributed by atoms with Crippen LogP contribution in [0.2, 0.25) is 0 Å². The SMILES string of the molecule is COc1c(C)cc(C(C)(C)C)cc1Pc1ccccc1C=O.COc1c(C)cc(C)cc1Pc1ccccc1C=O.COc1c(C)cccc1Pc1ccccc1C=O.COc1c(Pc2ccccc2C=O)cc(C)cc1C(C)(C)C.COc1ccc(C)cc1Pc1ccccc1C=O.COc1ccccc1Pc1ccccc1C=O. The second-order valence-corrected chi connectivity index (χ2v) is 36.9. The van der Waals surface area contributed by atoms with Crippen LogP contribution in [0.4, 0.5) is 0 Å². The van der Waals surface area contributed by atoms with Crippen LogP contribution in [0.5, 0.6) is 34.5 Å². The zero-order chi connectivity index (χ0) is 84.5. The van der Waals surface area contributed by atoms with Gasteiger partial charge in [-0.15, -0.1) is 0 Å². The summed E-state index contributed by atoms with van der Waals surface area (Å²) in [5, 5.41) is 13.2. The number of carbonyl (C=O) groups excluding carboxylic acids is 6. The molecule has 12 rings (SSSR count). The Balaban J connectivity index is 0.000000193. The molecule has 0 amide bonds. The fourth-order valence-electron chi connectivity index (χ4n) is 12.4. The van der Waals surface area contributed by atoms with Gasteiger partial charge in [-0.2, -0.15) is 0 Å². The molecule has 0 aliphatic heterocycles. The topological polar surface area (TPSA) is 158 Å². The number of rotatable bonds is 24. The first-order valence-electron chi connectivity index (χ1n) is 37.6. The van der Waals surface area contributed by atoms with Crippen LogP contribution < -0.4 is 92.1 Å². The molecule has 0 aromatic heterocycles. The zero-order valence-corrected chi connectivity index (χ0v) is 75.5. The Kier molecular flexibility index (Phi) is 37.5. The number of benzene rings is 12. The molecule has 0 radical (unpaired) electrons. The minimum Gasteiger partial charge on any atom is -0.496 e. The predicted molar refractivity (Wildman–Crippen MR) is 500 cm³/mol. The number of aryl methyl sites for hydroxylation is 6. The van der Waals surface area contributed by atoms with Gasteiger partial charge in [-0.1, -0.05) is 305 Å². The van der Waals surface area contributed by atoms with Crippen molar-refractivity contribution < 1.29 is 57.2 Å². The van der Waals surface area contributed by atoms with Crippen molar-refractivity contribution >= 4 is 153 Å². The second kappa shape index (κ2) is 46.7. The van der Waals surface area contributed by atoms with Gasteiger partial charge >= 0.3 is 0 Å². The maximum atomic E-state index is 11.2. The van der Waals surface area contributed by atoms with Gasteiger partial charge in [0.2, 0.25) is 0 Å². The number of hydrogen-bond donors (Lipinski definition) is 0. The normalized spacial score (nSPS) is 11.2. The third kappa shape index (κ3) is 27.1. The number of ether oxygens (including phenoxy) is 6. The number of hydrogen-bond acceptors (Lipinski definition) is 12. The standard InChI is InChI=1S/2C19H23O2P.C16H17O2P.2C15H15O2P.C14H13O2P/c1-13-10-15(19(2,3)4)11-17(18(13)21-5)22-16-9-7-6-8-14(16)12-20;1-13-10-15(19(2,3)4)18(21-5)17(11-13)22-16-9-7-6-8-14(16)12-20;1-11-8-12(2)16(18-3)15(9-11)19-14-7-5-4-6-13(14)10-17;1-11-6-5-9-14(15(11)17-2)18-13-8-4-3-7-12(13)10-16;1-11-7-8-13(17-2)15(9-11)18-14-6-4-3-5-12(14)10-16;1-16-12-7-3-5-9-14(12)17-13-8-4-2-6-11(13)10-15/h2*6-12,22H,1-5H3;4-10,19H,1-3H3;2*3-10,18H,1-2H3;2-10,17H,1H3. The summed E-state index contributed by atoms with van der Waals surface area (Å²) in [4.78, 5) is 66.5. The lowest BCUT2D eigenvalue weighted by Crippen LogP contribution is -2.19. The van der Waals surface area contributed by atoms with E-state index in [2.05, 4.69) is 112 Å². The zero-order valence-electron chi connectivity index (χ0n) is 69.5. The van der Waals surface area contributed by atoms with Crippen molar-refractivity contribution in [3.63, 3.8) is 0 Å². The second-order valence-electron chi connectivity index (χ2n) is 29.0. The number of methoxy groups -OCH3 is 6. The van der Waals surface area contributed by atoms with Gasteiger partial charge in [0.15, 0.2) is 37.7 Å². The molecule has 6 atom stereocenters. The monoisotopic (exact) mass is 1660 g/mol. The largest absolute Gasteiger partial charge is 0.496 e. The van der Waals surface area contributed by atoms with Crippen molar-refractivity contribution in [2.75, 3.05) is 42.7 Å². The Bertz CT molecular complexity index is 5210. The molecule has 0 spiro atoms.